The lowest BCUT2D eigenvalue weighted by Crippen LogP contribution is -2.13. The molecule has 0 aliphatic carbocycles. The molecular weight excluding hydrogens is 494 g/mol. The van der Waals surface area contributed by atoms with Crippen LogP contribution >= 0.6 is 27.5 Å². The van der Waals surface area contributed by atoms with E-state index in [0.717, 1.165) is 27.1 Å². The third-order valence-electron chi connectivity index (χ3n) is 4.85. The average molecular weight is 513 g/mol. The molecule has 3 aromatic rings. The van der Waals surface area contributed by atoms with E-state index in [0.29, 0.717) is 5.69 Å². The number of esters is 1. The zero-order valence-electron chi connectivity index (χ0n) is 17.6. The molecule has 8 heteroatoms. The van der Waals surface area contributed by atoms with Crippen LogP contribution < -0.4 is 5.32 Å². The van der Waals surface area contributed by atoms with Crippen molar-refractivity contribution in [3.05, 3.63) is 86.1 Å². The fourth-order valence-corrected chi connectivity index (χ4v) is 3.80. The number of carbonyl (C=O) groups excluding carboxylic acids is 2. The summed E-state index contributed by atoms with van der Waals surface area (Å²) >= 11 is 9.62. The minimum Gasteiger partial charge on any atom is -0.465 e. The Labute approximate surface area is 199 Å². The number of nitrogens with zero attached hydrogens (tertiary/aromatic N) is 2. The summed E-state index contributed by atoms with van der Waals surface area (Å²) in [5.41, 5.74) is 4.00. The second kappa shape index (κ2) is 9.86. The van der Waals surface area contributed by atoms with Crippen LogP contribution in [0.4, 0.5) is 5.69 Å². The van der Waals surface area contributed by atoms with Crippen LogP contribution in [0, 0.1) is 25.2 Å². The highest BCUT2D eigenvalue weighted by Crippen LogP contribution is 2.27. The van der Waals surface area contributed by atoms with Gasteiger partial charge >= 0.3 is 5.97 Å². The van der Waals surface area contributed by atoms with Crippen molar-refractivity contribution in [2.24, 2.45) is 0 Å². The smallest absolute Gasteiger partial charge is 0.339 e. The second-order valence-corrected chi connectivity index (χ2v) is 8.27. The number of rotatable bonds is 5. The van der Waals surface area contributed by atoms with Gasteiger partial charge in [-0.3, -0.25) is 4.79 Å². The van der Waals surface area contributed by atoms with E-state index >= 15 is 0 Å². The van der Waals surface area contributed by atoms with Crippen molar-refractivity contribution < 1.29 is 14.3 Å². The zero-order valence-corrected chi connectivity index (χ0v) is 19.9. The molecule has 162 valence electrons. The van der Waals surface area contributed by atoms with E-state index in [1.54, 1.807) is 48.5 Å². The van der Waals surface area contributed by atoms with Crippen LogP contribution in [0.25, 0.3) is 11.8 Å². The first kappa shape index (κ1) is 23.3. The van der Waals surface area contributed by atoms with Crippen molar-refractivity contribution >= 4 is 51.2 Å². The Morgan fingerprint density at radius 1 is 1.16 bits per heavy atom. The Bertz CT molecular complexity index is 1270. The minimum atomic E-state index is -0.512. The number of nitriles is 1. The van der Waals surface area contributed by atoms with Gasteiger partial charge in [0, 0.05) is 27.2 Å². The van der Waals surface area contributed by atoms with Gasteiger partial charge in [0.1, 0.15) is 11.6 Å². The third-order valence-corrected chi connectivity index (χ3v) is 5.69. The topological polar surface area (TPSA) is 84.1 Å². The molecule has 0 spiro atoms. The number of methoxy groups -OCH3 is 1. The fourth-order valence-electron chi connectivity index (χ4n) is 3.29. The molecule has 0 saturated carbocycles. The maximum absolute atomic E-state index is 12.6. The number of aromatic nitrogens is 1. The minimum absolute atomic E-state index is 0.0211. The van der Waals surface area contributed by atoms with Crippen molar-refractivity contribution in [2.75, 3.05) is 12.4 Å². The number of anilines is 1. The molecule has 32 heavy (non-hydrogen) atoms. The molecule has 2 aromatic carbocycles. The van der Waals surface area contributed by atoms with E-state index in [1.165, 1.54) is 7.11 Å². The van der Waals surface area contributed by atoms with Gasteiger partial charge in [-0.25, -0.2) is 4.79 Å². The lowest BCUT2D eigenvalue weighted by atomic mass is 10.1. The molecule has 0 atom stereocenters. The van der Waals surface area contributed by atoms with Crippen LogP contribution in [0.5, 0.6) is 0 Å². The molecule has 1 N–H and O–H groups in total. The Morgan fingerprint density at radius 3 is 2.44 bits per heavy atom. The molecular formula is C24H19BrClN3O3. The molecule has 0 unspecified atom stereocenters. The van der Waals surface area contributed by atoms with Gasteiger partial charge in [0.2, 0.25) is 0 Å². The number of amides is 1. The molecule has 0 radical (unpaired) electrons. The monoisotopic (exact) mass is 511 g/mol. The van der Waals surface area contributed by atoms with Gasteiger partial charge in [-0.05, 0) is 74.0 Å². The number of hydrogen-bond acceptors (Lipinski definition) is 4. The highest BCUT2D eigenvalue weighted by molar-refractivity contribution is 9.10. The Morgan fingerprint density at radius 2 is 1.84 bits per heavy atom. The summed E-state index contributed by atoms with van der Waals surface area (Å²) in [6.45, 7) is 3.78. The summed E-state index contributed by atoms with van der Waals surface area (Å²) in [5.74, 6) is -1.01. The predicted molar refractivity (Wildman–Crippen MR) is 128 cm³/mol. The van der Waals surface area contributed by atoms with Crippen molar-refractivity contribution in [1.29, 1.82) is 5.26 Å². The number of benzene rings is 2. The summed E-state index contributed by atoms with van der Waals surface area (Å²) in [7, 11) is 1.30. The van der Waals surface area contributed by atoms with Crippen LogP contribution in [0.2, 0.25) is 5.02 Å². The van der Waals surface area contributed by atoms with Crippen LogP contribution in [-0.2, 0) is 9.53 Å². The van der Waals surface area contributed by atoms with Gasteiger partial charge in [0.05, 0.1) is 17.7 Å². The zero-order chi connectivity index (χ0) is 23.4. The lowest BCUT2D eigenvalue weighted by molar-refractivity contribution is -0.112. The Hall–Kier alpha value is -3.34. The first-order chi connectivity index (χ1) is 15.2. The maximum atomic E-state index is 12.6. The molecule has 0 bridgehead atoms. The fraction of sp³-hybridized carbons (Fsp3) is 0.125. The molecule has 1 aromatic heterocycles. The van der Waals surface area contributed by atoms with E-state index in [9.17, 15) is 14.9 Å². The Balaban J connectivity index is 1.94. The number of aryl methyl sites for hydroxylation is 1. The molecule has 1 amide bonds. The number of carbonyl (C=O) groups is 2. The van der Waals surface area contributed by atoms with Crippen LogP contribution in [0.15, 0.2) is 58.6 Å². The molecule has 0 fully saturated rings. The van der Waals surface area contributed by atoms with E-state index in [1.807, 2.05) is 30.6 Å². The van der Waals surface area contributed by atoms with E-state index in [2.05, 4.69) is 21.2 Å². The summed E-state index contributed by atoms with van der Waals surface area (Å²) in [6, 6.07) is 16.0. The lowest BCUT2D eigenvalue weighted by Gasteiger charge is -2.12. The van der Waals surface area contributed by atoms with Crippen molar-refractivity contribution in [3.63, 3.8) is 0 Å². The standard InChI is InChI=1S/C24H19BrClN3O3/c1-14-10-16(11-17(13-27)23(30)28-19-6-4-18(25)5-7-19)15(2)29(14)20-8-9-21(22(26)12-20)24(31)32-3/h4-12H,1-3H3,(H,28,30)/b17-11-. The quantitative estimate of drug-likeness (QED) is 0.264. The van der Waals surface area contributed by atoms with Gasteiger partial charge in [0.15, 0.2) is 0 Å². The summed E-state index contributed by atoms with van der Waals surface area (Å²) in [4.78, 5) is 24.4. The van der Waals surface area contributed by atoms with Gasteiger partial charge in [0.25, 0.3) is 5.91 Å². The molecule has 0 aliphatic rings. The van der Waals surface area contributed by atoms with Crippen molar-refractivity contribution in [3.8, 4) is 11.8 Å². The first-order valence-corrected chi connectivity index (χ1v) is 10.7. The van der Waals surface area contributed by atoms with E-state index in [4.69, 9.17) is 16.3 Å². The largest absolute Gasteiger partial charge is 0.465 e. The van der Waals surface area contributed by atoms with Crippen LogP contribution in [-0.4, -0.2) is 23.6 Å². The van der Waals surface area contributed by atoms with Crippen LogP contribution in [0.3, 0.4) is 0 Å². The number of ether oxygens (including phenoxy) is 1. The molecule has 0 aliphatic heterocycles. The Kier molecular flexibility index (Phi) is 7.18. The van der Waals surface area contributed by atoms with E-state index < -0.39 is 11.9 Å². The summed E-state index contributed by atoms with van der Waals surface area (Å²) < 4.78 is 7.55. The molecule has 1 heterocycles. The van der Waals surface area contributed by atoms with Gasteiger partial charge in [-0.15, -0.1) is 0 Å². The van der Waals surface area contributed by atoms with Gasteiger partial charge < -0.3 is 14.6 Å². The normalized spacial score (nSPS) is 11.1. The number of nitrogens with one attached hydrogen (secondary N) is 1. The second-order valence-electron chi connectivity index (χ2n) is 6.95. The molecule has 0 saturated heterocycles. The van der Waals surface area contributed by atoms with Crippen molar-refractivity contribution in [2.45, 2.75) is 13.8 Å². The predicted octanol–water partition coefficient (Wildman–Crippen LogP) is 5.84. The third kappa shape index (κ3) is 4.93. The maximum Gasteiger partial charge on any atom is 0.339 e. The molecule has 6 nitrogen and oxygen atoms in total. The molecule has 3 rings (SSSR count). The van der Waals surface area contributed by atoms with E-state index in [-0.39, 0.29) is 16.2 Å². The van der Waals surface area contributed by atoms with Crippen LogP contribution in [0.1, 0.15) is 27.3 Å². The highest BCUT2D eigenvalue weighted by atomic mass is 79.9. The summed E-state index contributed by atoms with van der Waals surface area (Å²) in [6.07, 6.45) is 1.55. The number of halogens is 2. The van der Waals surface area contributed by atoms with Crippen molar-refractivity contribution in [1.82, 2.24) is 4.57 Å². The SMILES string of the molecule is COC(=O)c1ccc(-n2c(C)cc(/C=C(/C#N)C(=O)Nc3ccc(Br)cc3)c2C)cc1Cl. The van der Waals surface area contributed by atoms with Gasteiger partial charge in [-0.1, -0.05) is 27.5 Å². The first-order valence-electron chi connectivity index (χ1n) is 9.51. The van der Waals surface area contributed by atoms with Gasteiger partial charge in [-0.2, -0.15) is 5.26 Å². The highest BCUT2D eigenvalue weighted by Gasteiger charge is 2.16. The number of hydrogen-bond donors (Lipinski definition) is 1. The summed E-state index contributed by atoms with van der Waals surface area (Å²) in [5, 5.41) is 12.5. The average Bonchev–Trinajstić information content (AvgIpc) is 3.05.